The molecule has 2 aromatic carbocycles. The zero-order valence-electron chi connectivity index (χ0n) is 25.8. The van der Waals surface area contributed by atoms with Gasteiger partial charge in [-0.3, -0.25) is 4.79 Å². The molecule has 0 saturated carbocycles. The lowest BCUT2D eigenvalue weighted by Crippen LogP contribution is -2.48. The highest BCUT2D eigenvalue weighted by Gasteiger charge is 2.25. The standard InChI is InChI=1S/C32H35N9O4/c1-18-16-21(8-11-23(18)19(2)35-28(42)29-38-30(39-45-29)32(3,4)5)24-25-27(34-17-33-24)37-26(36-25)20-6-9-22(10-7-20)40-12-14-41(15-13-40)31(43)44/h6-11,16-17,19H,12-15H2,1-5H3,(H,35,42)(H,43,44)(H,33,34,36,37)/t19-/m1/s1. The number of fused-ring (bicyclic) bond motifs is 1. The molecule has 0 unspecified atom stereocenters. The Labute approximate surface area is 259 Å². The number of aromatic nitrogens is 6. The van der Waals surface area contributed by atoms with Crippen molar-refractivity contribution >= 4 is 28.9 Å². The molecule has 45 heavy (non-hydrogen) atoms. The number of carbonyl (C=O) groups excluding carboxylic acids is 1. The van der Waals surface area contributed by atoms with Crippen LogP contribution in [0.25, 0.3) is 33.8 Å². The molecule has 1 saturated heterocycles. The average molecular weight is 610 g/mol. The van der Waals surface area contributed by atoms with E-state index in [0.29, 0.717) is 54.7 Å². The first-order valence-corrected chi connectivity index (χ1v) is 14.8. The average Bonchev–Trinajstić information content (AvgIpc) is 3.70. The van der Waals surface area contributed by atoms with Crippen molar-refractivity contribution < 1.29 is 19.2 Å². The quantitative estimate of drug-likeness (QED) is 0.239. The summed E-state index contributed by atoms with van der Waals surface area (Å²) in [5.74, 6) is 0.661. The lowest BCUT2D eigenvalue weighted by molar-refractivity contribution is 0.0895. The van der Waals surface area contributed by atoms with Crippen LogP contribution in [0.4, 0.5) is 10.5 Å². The second-order valence-electron chi connectivity index (χ2n) is 12.2. The summed E-state index contributed by atoms with van der Waals surface area (Å²) in [6, 6.07) is 13.7. The summed E-state index contributed by atoms with van der Waals surface area (Å²) in [7, 11) is 0. The van der Waals surface area contributed by atoms with Gasteiger partial charge >= 0.3 is 17.9 Å². The number of nitrogens with zero attached hydrogens (tertiary/aromatic N) is 7. The van der Waals surface area contributed by atoms with Crippen molar-refractivity contribution in [2.75, 3.05) is 31.1 Å². The van der Waals surface area contributed by atoms with E-state index in [4.69, 9.17) is 9.51 Å². The van der Waals surface area contributed by atoms with Gasteiger partial charge in [0, 0.05) is 48.4 Å². The van der Waals surface area contributed by atoms with Crippen LogP contribution in [0.5, 0.6) is 0 Å². The molecule has 0 bridgehead atoms. The van der Waals surface area contributed by atoms with Crippen molar-refractivity contribution in [2.24, 2.45) is 0 Å². The van der Waals surface area contributed by atoms with Gasteiger partial charge < -0.3 is 29.7 Å². The van der Waals surface area contributed by atoms with Gasteiger partial charge in [0.15, 0.2) is 11.5 Å². The minimum Gasteiger partial charge on any atom is -0.465 e. The van der Waals surface area contributed by atoms with Gasteiger partial charge in [-0.15, -0.1) is 0 Å². The molecule has 3 N–H and O–H groups in total. The lowest BCUT2D eigenvalue weighted by Gasteiger charge is -2.34. The Hall–Kier alpha value is -5.33. The third kappa shape index (κ3) is 6.06. The number of benzene rings is 2. The summed E-state index contributed by atoms with van der Waals surface area (Å²) in [4.78, 5) is 49.0. The van der Waals surface area contributed by atoms with E-state index in [-0.39, 0.29) is 17.3 Å². The molecule has 1 aliphatic rings. The minimum absolute atomic E-state index is 0.0630. The molecule has 2 amide bonds. The largest absolute Gasteiger partial charge is 0.465 e. The van der Waals surface area contributed by atoms with Crippen LogP contribution in [-0.4, -0.2) is 78.3 Å². The predicted octanol–water partition coefficient (Wildman–Crippen LogP) is 4.97. The van der Waals surface area contributed by atoms with Crippen molar-refractivity contribution in [1.82, 2.24) is 40.3 Å². The first-order valence-electron chi connectivity index (χ1n) is 14.8. The van der Waals surface area contributed by atoms with E-state index in [1.54, 1.807) is 0 Å². The molecule has 13 heteroatoms. The van der Waals surface area contributed by atoms with E-state index in [9.17, 15) is 14.7 Å². The lowest BCUT2D eigenvalue weighted by atomic mass is 9.96. The Morgan fingerprint density at radius 1 is 1.00 bits per heavy atom. The van der Waals surface area contributed by atoms with Crippen LogP contribution in [0.1, 0.15) is 61.4 Å². The first kappa shape index (κ1) is 29.7. The summed E-state index contributed by atoms with van der Waals surface area (Å²) in [6.45, 7) is 12.0. The van der Waals surface area contributed by atoms with E-state index < -0.39 is 12.0 Å². The normalized spacial score (nSPS) is 14.5. The van der Waals surface area contributed by atoms with Crippen molar-refractivity contribution in [3.8, 4) is 22.6 Å². The van der Waals surface area contributed by atoms with Crippen LogP contribution >= 0.6 is 0 Å². The van der Waals surface area contributed by atoms with Crippen LogP contribution < -0.4 is 10.2 Å². The van der Waals surface area contributed by atoms with E-state index >= 15 is 0 Å². The van der Waals surface area contributed by atoms with Gasteiger partial charge in [-0.25, -0.2) is 19.7 Å². The number of rotatable bonds is 6. The zero-order chi connectivity index (χ0) is 31.9. The van der Waals surface area contributed by atoms with Gasteiger partial charge in [-0.1, -0.05) is 38.1 Å². The Morgan fingerprint density at radius 3 is 2.36 bits per heavy atom. The van der Waals surface area contributed by atoms with Gasteiger partial charge in [-0.2, -0.15) is 4.98 Å². The fourth-order valence-corrected chi connectivity index (χ4v) is 5.43. The summed E-state index contributed by atoms with van der Waals surface area (Å²) in [5.41, 5.74) is 6.39. The monoisotopic (exact) mass is 609 g/mol. The second-order valence-corrected chi connectivity index (χ2v) is 12.2. The molecule has 6 rings (SSSR count). The highest BCUT2D eigenvalue weighted by molar-refractivity contribution is 5.90. The summed E-state index contributed by atoms with van der Waals surface area (Å²) in [5, 5.41) is 16.1. The van der Waals surface area contributed by atoms with Gasteiger partial charge in [0.2, 0.25) is 0 Å². The number of hydrogen-bond donors (Lipinski definition) is 3. The minimum atomic E-state index is -0.877. The maximum atomic E-state index is 12.8. The molecule has 3 aromatic heterocycles. The molecule has 1 atom stereocenters. The zero-order valence-corrected chi connectivity index (χ0v) is 25.8. The number of H-pyrrole nitrogens is 1. The van der Waals surface area contributed by atoms with Crippen molar-refractivity contribution in [3.63, 3.8) is 0 Å². The predicted molar refractivity (Wildman–Crippen MR) is 168 cm³/mol. The molecule has 232 valence electrons. The maximum absolute atomic E-state index is 12.8. The Balaban J connectivity index is 1.18. The van der Waals surface area contributed by atoms with E-state index in [1.807, 2.05) is 77.1 Å². The number of nitrogens with one attached hydrogen (secondary N) is 2. The molecule has 0 aliphatic carbocycles. The van der Waals surface area contributed by atoms with Gasteiger partial charge in [0.25, 0.3) is 0 Å². The van der Waals surface area contributed by atoms with E-state index in [2.05, 4.69) is 35.3 Å². The molecular weight excluding hydrogens is 574 g/mol. The van der Waals surface area contributed by atoms with Gasteiger partial charge in [0.1, 0.15) is 23.4 Å². The fourth-order valence-electron chi connectivity index (χ4n) is 5.43. The molecule has 13 nitrogen and oxygen atoms in total. The first-order chi connectivity index (χ1) is 21.5. The molecule has 1 fully saturated rings. The molecule has 1 aliphatic heterocycles. The van der Waals surface area contributed by atoms with Crippen molar-refractivity contribution in [1.29, 1.82) is 0 Å². The molecule has 0 spiro atoms. The van der Waals surface area contributed by atoms with Crippen LogP contribution in [0.3, 0.4) is 0 Å². The van der Waals surface area contributed by atoms with Crippen LogP contribution in [-0.2, 0) is 5.41 Å². The number of hydrogen-bond acceptors (Lipinski definition) is 9. The van der Waals surface area contributed by atoms with Crippen LogP contribution in [0.2, 0.25) is 0 Å². The van der Waals surface area contributed by atoms with Crippen LogP contribution in [0.15, 0.2) is 53.3 Å². The Kier molecular flexibility index (Phi) is 7.69. The summed E-state index contributed by atoms with van der Waals surface area (Å²) in [6.07, 6.45) is 0.639. The van der Waals surface area contributed by atoms with Crippen molar-refractivity contribution in [2.45, 2.75) is 46.1 Å². The molecule has 0 radical (unpaired) electrons. The van der Waals surface area contributed by atoms with Gasteiger partial charge in [0.05, 0.1) is 6.04 Å². The number of aryl methyl sites for hydroxylation is 1. The SMILES string of the molecule is Cc1cc(-c2ncnc3[nH]c(-c4ccc(N5CCN(C(=O)O)CC5)cc4)nc23)ccc1[C@@H](C)NC(=O)c1nc(C(C)(C)C)no1. The second kappa shape index (κ2) is 11.6. The fraction of sp³-hybridized carbons (Fsp3) is 0.344. The third-order valence-electron chi connectivity index (χ3n) is 7.99. The maximum Gasteiger partial charge on any atom is 0.407 e. The number of aromatic amines is 1. The Morgan fingerprint density at radius 2 is 1.71 bits per heavy atom. The molecular formula is C32H35N9O4. The summed E-state index contributed by atoms with van der Waals surface area (Å²) >= 11 is 0. The highest BCUT2D eigenvalue weighted by Crippen LogP contribution is 2.30. The highest BCUT2D eigenvalue weighted by atomic mass is 16.5. The number of amides is 2. The van der Waals surface area contributed by atoms with E-state index in [0.717, 1.165) is 27.9 Å². The van der Waals surface area contributed by atoms with Crippen molar-refractivity contribution in [3.05, 3.63) is 71.6 Å². The van der Waals surface area contributed by atoms with Crippen LogP contribution in [0, 0.1) is 6.92 Å². The molecule has 5 aromatic rings. The number of anilines is 1. The number of carbonyl (C=O) groups is 2. The topological polar surface area (TPSA) is 166 Å². The third-order valence-corrected chi connectivity index (χ3v) is 7.99. The summed E-state index contributed by atoms with van der Waals surface area (Å²) < 4.78 is 5.20. The van der Waals surface area contributed by atoms with Gasteiger partial charge in [-0.05, 0) is 55.3 Å². The number of piperazine rings is 1. The molecule has 4 heterocycles. The Bertz CT molecular complexity index is 1870. The number of imidazole rings is 1. The smallest absolute Gasteiger partial charge is 0.407 e. The number of carboxylic acid groups (broad SMARTS) is 1. The van der Waals surface area contributed by atoms with E-state index in [1.165, 1.54) is 11.2 Å².